The lowest BCUT2D eigenvalue weighted by Gasteiger charge is -2.34. The first-order valence-electron chi connectivity index (χ1n) is 17.2. The zero-order chi connectivity index (χ0) is 33.4. The van der Waals surface area contributed by atoms with Crippen LogP contribution in [0.4, 0.5) is 14.6 Å². The third-order valence-electron chi connectivity index (χ3n) is 11.0. The fraction of sp³-hybridized carbons (Fsp3) is 0.447. The van der Waals surface area contributed by atoms with Gasteiger partial charge in [-0.3, -0.25) is 9.88 Å². The van der Waals surface area contributed by atoms with E-state index >= 15 is 4.39 Å². The van der Waals surface area contributed by atoms with Gasteiger partial charge in [-0.05, 0) is 68.0 Å². The molecule has 2 aromatic heterocycles. The molecule has 4 aromatic rings. The third kappa shape index (κ3) is 5.37. The number of nitrogens with one attached hydrogen (secondary N) is 1. The van der Waals surface area contributed by atoms with E-state index in [1.165, 1.54) is 37.1 Å². The Kier molecular flexibility index (Phi) is 7.27. The Morgan fingerprint density at radius 2 is 1.92 bits per heavy atom. The van der Waals surface area contributed by atoms with E-state index in [1.54, 1.807) is 6.20 Å². The fourth-order valence-corrected chi connectivity index (χ4v) is 8.57. The molecule has 9 nitrogen and oxygen atoms in total. The monoisotopic (exact) mass is 664 g/mol. The van der Waals surface area contributed by atoms with E-state index in [1.807, 2.05) is 0 Å². The van der Waals surface area contributed by atoms with Gasteiger partial charge in [-0.15, -0.1) is 6.42 Å². The largest absolute Gasteiger partial charge is 0.508 e. The number of ether oxygens (including phenoxy) is 2. The molecule has 6 heterocycles. The lowest BCUT2D eigenvalue weighted by Crippen LogP contribution is -2.51. The number of piperazine rings is 1. The van der Waals surface area contributed by atoms with Gasteiger partial charge in [-0.25, -0.2) is 8.78 Å². The van der Waals surface area contributed by atoms with Crippen LogP contribution in [0.3, 0.4) is 0 Å². The van der Waals surface area contributed by atoms with Gasteiger partial charge in [-0.2, -0.15) is 9.97 Å². The highest BCUT2D eigenvalue weighted by atomic mass is 19.1. The molecule has 11 heteroatoms. The summed E-state index contributed by atoms with van der Waals surface area (Å²) < 4.78 is 44.6. The predicted molar refractivity (Wildman–Crippen MR) is 183 cm³/mol. The van der Waals surface area contributed by atoms with Crippen molar-refractivity contribution >= 4 is 27.5 Å². The van der Waals surface area contributed by atoms with Crippen LogP contribution in [-0.2, 0) is 4.74 Å². The Labute approximate surface area is 283 Å². The molecule has 2 bridgehead atoms. The van der Waals surface area contributed by atoms with Gasteiger partial charge >= 0.3 is 6.01 Å². The maximum absolute atomic E-state index is 17.0. The van der Waals surface area contributed by atoms with Crippen molar-refractivity contribution in [3.63, 3.8) is 0 Å². The van der Waals surface area contributed by atoms with Gasteiger partial charge in [0.25, 0.3) is 0 Å². The third-order valence-corrected chi connectivity index (χ3v) is 11.0. The number of aromatic nitrogens is 3. The first-order valence-corrected chi connectivity index (χ1v) is 17.2. The van der Waals surface area contributed by atoms with Crippen LogP contribution in [0.25, 0.3) is 32.9 Å². The molecule has 4 saturated heterocycles. The number of aromatic hydroxyl groups is 1. The zero-order valence-electron chi connectivity index (χ0n) is 27.2. The second-order valence-electron chi connectivity index (χ2n) is 14.6. The number of hydrogen-bond donors (Lipinski definition) is 2. The van der Waals surface area contributed by atoms with Crippen molar-refractivity contribution in [2.45, 2.75) is 62.3 Å². The summed E-state index contributed by atoms with van der Waals surface area (Å²) >= 11 is 0. The second kappa shape index (κ2) is 11.6. The summed E-state index contributed by atoms with van der Waals surface area (Å²) in [7, 11) is 0. The fourth-order valence-electron chi connectivity index (χ4n) is 8.57. The number of benzene rings is 2. The van der Waals surface area contributed by atoms with E-state index in [2.05, 4.69) is 37.6 Å². The Balaban J connectivity index is 1.13. The summed E-state index contributed by atoms with van der Waals surface area (Å²) in [6.45, 7) is 8.45. The van der Waals surface area contributed by atoms with Crippen molar-refractivity contribution < 1.29 is 23.4 Å². The second-order valence-corrected chi connectivity index (χ2v) is 14.6. The van der Waals surface area contributed by atoms with Crippen LogP contribution in [0.1, 0.15) is 44.1 Å². The van der Waals surface area contributed by atoms with Crippen molar-refractivity contribution in [2.24, 2.45) is 5.92 Å². The van der Waals surface area contributed by atoms with E-state index < -0.39 is 11.6 Å². The van der Waals surface area contributed by atoms with E-state index in [-0.39, 0.29) is 51.1 Å². The van der Waals surface area contributed by atoms with Gasteiger partial charge < -0.3 is 24.8 Å². The number of nitrogens with zero attached hydrogens (tertiary/aromatic N) is 5. The first kappa shape index (κ1) is 30.7. The minimum atomic E-state index is -0.730. The summed E-state index contributed by atoms with van der Waals surface area (Å²) in [6.07, 6.45) is 13.6. The Bertz CT molecular complexity index is 2050. The SMILES string of the molecule is C#Cc1c(F)ccc2cc(O)cc(-c3ncc4c(N5C[C@H]6CC[C@@H](C5)N6)nc(OC[C@]56CC(=C)CN5C[C@H](OCC5CC5)C6)nc4c3F)c12. The van der Waals surface area contributed by atoms with E-state index in [9.17, 15) is 9.50 Å². The number of hydrogen-bond acceptors (Lipinski definition) is 9. The van der Waals surface area contributed by atoms with Gasteiger partial charge in [0.1, 0.15) is 35.2 Å². The summed E-state index contributed by atoms with van der Waals surface area (Å²) in [6, 6.07) is 6.26. The number of anilines is 1. The van der Waals surface area contributed by atoms with Crippen LogP contribution in [0.15, 0.2) is 42.6 Å². The van der Waals surface area contributed by atoms with Gasteiger partial charge in [0, 0.05) is 62.0 Å². The number of phenols is 1. The normalized spacial score (nSPS) is 26.5. The Hall–Kier alpha value is -4.37. The molecule has 0 radical (unpaired) electrons. The highest BCUT2D eigenvalue weighted by Crippen LogP contribution is 2.44. The van der Waals surface area contributed by atoms with Crippen molar-refractivity contribution in [2.75, 3.05) is 44.3 Å². The number of pyridine rings is 1. The van der Waals surface area contributed by atoms with Crippen LogP contribution < -0.4 is 15.0 Å². The molecule has 9 rings (SSSR count). The smallest absolute Gasteiger partial charge is 0.319 e. The number of halogens is 2. The summed E-state index contributed by atoms with van der Waals surface area (Å²) in [5.74, 6) is 2.18. The highest BCUT2D eigenvalue weighted by Gasteiger charge is 2.51. The van der Waals surface area contributed by atoms with Crippen molar-refractivity contribution in [3.8, 4) is 35.4 Å². The number of rotatable bonds is 8. The zero-order valence-corrected chi connectivity index (χ0v) is 27.2. The Morgan fingerprint density at radius 1 is 1.10 bits per heavy atom. The molecule has 0 amide bonds. The summed E-state index contributed by atoms with van der Waals surface area (Å²) in [5.41, 5.74) is 0.935. The average Bonchev–Trinajstić information content (AvgIpc) is 3.68. The van der Waals surface area contributed by atoms with Crippen LogP contribution in [-0.4, -0.2) is 88.1 Å². The molecule has 5 fully saturated rings. The molecule has 0 unspecified atom stereocenters. The number of phenolic OH excluding ortho intramolecular Hbond substituents is 1. The summed E-state index contributed by atoms with van der Waals surface area (Å²) in [5, 5.41) is 15.4. The highest BCUT2D eigenvalue weighted by molar-refractivity contribution is 6.03. The van der Waals surface area contributed by atoms with E-state index in [0.29, 0.717) is 54.3 Å². The molecular weight excluding hydrogens is 626 g/mol. The molecule has 5 aliphatic rings. The molecule has 252 valence electrons. The maximum Gasteiger partial charge on any atom is 0.319 e. The lowest BCUT2D eigenvalue weighted by atomic mass is 9.93. The average molecular weight is 665 g/mol. The molecule has 4 aliphatic heterocycles. The molecule has 49 heavy (non-hydrogen) atoms. The molecule has 2 N–H and O–H groups in total. The Morgan fingerprint density at radius 3 is 2.69 bits per heavy atom. The van der Waals surface area contributed by atoms with Crippen LogP contribution in [0.5, 0.6) is 11.8 Å². The number of fused-ring (bicyclic) bond motifs is 5. The molecule has 1 saturated carbocycles. The van der Waals surface area contributed by atoms with Crippen molar-refractivity contribution in [3.05, 3.63) is 59.8 Å². The summed E-state index contributed by atoms with van der Waals surface area (Å²) in [4.78, 5) is 18.7. The minimum Gasteiger partial charge on any atom is -0.508 e. The van der Waals surface area contributed by atoms with Gasteiger partial charge in [0.15, 0.2) is 5.82 Å². The van der Waals surface area contributed by atoms with Crippen molar-refractivity contribution in [1.82, 2.24) is 25.2 Å². The van der Waals surface area contributed by atoms with E-state index in [0.717, 1.165) is 51.0 Å². The molecular formula is C38H38F2N6O3. The quantitative estimate of drug-likeness (QED) is 0.192. The molecule has 1 aliphatic carbocycles. The predicted octanol–water partition coefficient (Wildman–Crippen LogP) is 5.33. The van der Waals surface area contributed by atoms with Gasteiger partial charge in [0.2, 0.25) is 0 Å². The van der Waals surface area contributed by atoms with Crippen LogP contribution in [0.2, 0.25) is 0 Å². The molecule has 2 aromatic carbocycles. The molecule has 4 atom stereocenters. The lowest BCUT2D eigenvalue weighted by molar-refractivity contribution is 0.0501. The first-order chi connectivity index (χ1) is 23.8. The van der Waals surface area contributed by atoms with Crippen molar-refractivity contribution in [1.29, 1.82) is 0 Å². The van der Waals surface area contributed by atoms with Crippen LogP contribution >= 0.6 is 0 Å². The standard InChI is InChI=1S/C38H38F2N6O3/c1-3-28-31(39)9-6-23-10-26(47)11-29(32(23)28)34-33(40)35-30(14-41-34)36(45-16-24-7-8-25(17-45)42-24)44-37(43-35)49-20-38-12-21(2)15-46(38)18-27(13-38)48-19-22-4-5-22/h1,6,9-11,14,22,24-25,27,42,47H,2,4-5,7-8,12-13,15-20H2/t24-,25+,27-,38-/m1/s1. The van der Waals surface area contributed by atoms with Gasteiger partial charge in [0.05, 0.1) is 22.6 Å². The number of terminal acetylenes is 1. The maximum atomic E-state index is 17.0. The topological polar surface area (TPSA) is 95.9 Å². The molecule has 0 spiro atoms. The van der Waals surface area contributed by atoms with E-state index in [4.69, 9.17) is 20.9 Å². The minimum absolute atomic E-state index is 0.0320. The van der Waals surface area contributed by atoms with Gasteiger partial charge in [-0.1, -0.05) is 24.1 Å². The van der Waals surface area contributed by atoms with Crippen LogP contribution in [0, 0.1) is 29.9 Å².